The summed E-state index contributed by atoms with van der Waals surface area (Å²) in [6.45, 7) is 2.42. The fourth-order valence-electron chi connectivity index (χ4n) is 2.03. The highest BCUT2D eigenvalue weighted by Gasteiger charge is 2.13. The van der Waals surface area contributed by atoms with Crippen LogP contribution >= 0.6 is 11.6 Å². The molecular weight excluding hydrogens is 266 g/mol. The second-order valence-corrected chi connectivity index (χ2v) is 4.77. The van der Waals surface area contributed by atoms with Crippen LogP contribution in [0.15, 0.2) is 30.5 Å². The Hall–Kier alpha value is -1.52. The molecule has 0 aliphatic carbocycles. The number of hydrogen-bond donors (Lipinski definition) is 1. The van der Waals surface area contributed by atoms with Crippen LogP contribution in [-0.2, 0) is 16.1 Å². The molecule has 4 nitrogen and oxygen atoms in total. The minimum absolute atomic E-state index is 0.00109. The van der Waals surface area contributed by atoms with Crippen LogP contribution in [0.3, 0.4) is 0 Å². The predicted molar refractivity (Wildman–Crippen MR) is 74.2 cm³/mol. The summed E-state index contributed by atoms with van der Waals surface area (Å²) in [7, 11) is 0. The average molecular weight is 282 g/mol. The standard InChI is InChI=1S/C14H16ClNO3/c1-2-19-14(18)8-12(17)9-16-6-5-10-7-11(15)3-4-13(10)16/h3-7,12,17H,2,8-9H2,1H3. The van der Waals surface area contributed by atoms with Gasteiger partial charge in [-0.15, -0.1) is 0 Å². The van der Waals surface area contributed by atoms with Gasteiger partial charge in [-0.3, -0.25) is 4.79 Å². The van der Waals surface area contributed by atoms with Crippen molar-refractivity contribution in [2.24, 2.45) is 0 Å². The SMILES string of the molecule is CCOC(=O)CC(O)Cn1ccc2cc(Cl)ccc21. The van der Waals surface area contributed by atoms with Gasteiger partial charge >= 0.3 is 5.97 Å². The molecule has 0 fully saturated rings. The van der Waals surface area contributed by atoms with Crippen LogP contribution in [0.2, 0.25) is 5.02 Å². The first kappa shape index (κ1) is 13.9. The van der Waals surface area contributed by atoms with Crippen LogP contribution < -0.4 is 0 Å². The second kappa shape index (κ2) is 6.08. The molecule has 1 unspecified atom stereocenters. The maximum atomic E-state index is 11.3. The van der Waals surface area contributed by atoms with E-state index in [2.05, 4.69) is 0 Å². The van der Waals surface area contributed by atoms with Gasteiger partial charge in [0.1, 0.15) is 0 Å². The van der Waals surface area contributed by atoms with Crippen LogP contribution in [0.1, 0.15) is 13.3 Å². The molecule has 1 atom stereocenters. The van der Waals surface area contributed by atoms with Crippen molar-refractivity contribution in [3.05, 3.63) is 35.5 Å². The van der Waals surface area contributed by atoms with E-state index < -0.39 is 6.10 Å². The third-order valence-corrected chi connectivity index (χ3v) is 3.08. The molecule has 0 aliphatic heterocycles. The number of hydrogen-bond acceptors (Lipinski definition) is 3. The van der Waals surface area contributed by atoms with Crippen molar-refractivity contribution in [3.63, 3.8) is 0 Å². The molecule has 0 saturated carbocycles. The number of carbonyl (C=O) groups is 1. The van der Waals surface area contributed by atoms with E-state index in [0.29, 0.717) is 18.2 Å². The lowest BCUT2D eigenvalue weighted by molar-refractivity contribution is -0.145. The lowest BCUT2D eigenvalue weighted by Gasteiger charge is -2.12. The number of aliphatic hydroxyl groups excluding tert-OH is 1. The van der Waals surface area contributed by atoms with Crippen LogP contribution in [0.4, 0.5) is 0 Å². The normalized spacial score (nSPS) is 12.6. The Bertz CT molecular complexity index is 579. The van der Waals surface area contributed by atoms with E-state index in [-0.39, 0.29) is 12.4 Å². The van der Waals surface area contributed by atoms with Crippen molar-refractivity contribution in [1.82, 2.24) is 4.57 Å². The van der Waals surface area contributed by atoms with Gasteiger partial charge in [0.05, 0.1) is 19.1 Å². The summed E-state index contributed by atoms with van der Waals surface area (Å²) in [6.07, 6.45) is 1.11. The summed E-state index contributed by atoms with van der Waals surface area (Å²) in [5.41, 5.74) is 0.979. The smallest absolute Gasteiger partial charge is 0.308 e. The zero-order chi connectivity index (χ0) is 13.8. The highest BCUT2D eigenvalue weighted by molar-refractivity contribution is 6.31. The van der Waals surface area contributed by atoms with E-state index in [1.165, 1.54) is 0 Å². The summed E-state index contributed by atoms with van der Waals surface area (Å²) in [5.74, 6) is -0.380. The number of halogens is 1. The van der Waals surface area contributed by atoms with Gasteiger partial charge in [0.25, 0.3) is 0 Å². The molecule has 0 aliphatic rings. The number of aromatic nitrogens is 1. The van der Waals surface area contributed by atoms with Crippen LogP contribution in [0.5, 0.6) is 0 Å². The van der Waals surface area contributed by atoms with E-state index in [1.54, 1.807) is 13.0 Å². The Morgan fingerprint density at radius 1 is 1.47 bits per heavy atom. The van der Waals surface area contributed by atoms with Crippen molar-refractivity contribution in [1.29, 1.82) is 0 Å². The monoisotopic (exact) mass is 281 g/mol. The number of aliphatic hydroxyl groups is 1. The first-order valence-corrected chi connectivity index (χ1v) is 6.56. The molecule has 0 saturated heterocycles. The quantitative estimate of drug-likeness (QED) is 0.857. The Morgan fingerprint density at radius 2 is 2.26 bits per heavy atom. The molecule has 0 spiro atoms. The molecule has 0 bridgehead atoms. The van der Waals surface area contributed by atoms with Gasteiger partial charge < -0.3 is 14.4 Å². The van der Waals surface area contributed by atoms with E-state index >= 15 is 0 Å². The van der Waals surface area contributed by atoms with Crippen molar-refractivity contribution in [2.45, 2.75) is 26.0 Å². The van der Waals surface area contributed by atoms with Crippen LogP contribution in [0, 0.1) is 0 Å². The second-order valence-electron chi connectivity index (χ2n) is 4.33. The Morgan fingerprint density at radius 3 is 3.00 bits per heavy atom. The number of fused-ring (bicyclic) bond motifs is 1. The largest absolute Gasteiger partial charge is 0.466 e. The predicted octanol–water partition coefficient (Wildman–Crippen LogP) is 2.61. The Balaban J connectivity index is 2.07. The van der Waals surface area contributed by atoms with E-state index in [9.17, 15) is 9.90 Å². The average Bonchev–Trinajstić information content (AvgIpc) is 2.71. The molecule has 5 heteroatoms. The van der Waals surface area contributed by atoms with Crippen molar-refractivity contribution < 1.29 is 14.6 Å². The summed E-state index contributed by atoms with van der Waals surface area (Å²) < 4.78 is 6.71. The highest BCUT2D eigenvalue weighted by atomic mass is 35.5. The number of benzene rings is 1. The van der Waals surface area contributed by atoms with E-state index in [4.69, 9.17) is 16.3 Å². The minimum atomic E-state index is -0.759. The van der Waals surface area contributed by atoms with Crippen molar-refractivity contribution in [3.8, 4) is 0 Å². The molecule has 19 heavy (non-hydrogen) atoms. The molecule has 1 aromatic heterocycles. The Labute approximate surface area is 116 Å². The molecule has 1 N–H and O–H groups in total. The number of rotatable bonds is 5. The number of ether oxygens (including phenoxy) is 1. The summed E-state index contributed by atoms with van der Waals surface area (Å²) >= 11 is 5.92. The fraction of sp³-hybridized carbons (Fsp3) is 0.357. The zero-order valence-corrected chi connectivity index (χ0v) is 11.4. The Kier molecular flexibility index (Phi) is 4.45. The lowest BCUT2D eigenvalue weighted by atomic mass is 10.2. The molecule has 2 aromatic rings. The molecule has 2 rings (SSSR count). The lowest BCUT2D eigenvalue weighted by Crippen LogP contribution is -2.20. The number of nitrogens with zero attached hydrogens (tertiary/aromatic N) is 1. The number of esters is 1. The topological polar surface area (TPSA) is 51.5 Å². The molecule has 102 valence electrons. The van der Waals surface area contributed by atoms with E-state index in [0.717, 1.165) is 10.9 Å². The third-order valence-electron chi connectivity index (χ3n) is 2.85. The first-order chi connectivity index (χ1) is 9.10. The van der Waals surface area contributed by atoms with Crippen LogP contribution in [0.25, 0.3) is 10.9 Å². The van der Waals surface area contributed by atoms with Crippen LogP contribution in [-0.4, -0.2) is 28.4 Å². The molecule has 0 amide bonds. The summed E-state index contributed by atoms with van der Waals surface area (Å²) in [5, 5.41) is 11.6. The first-order valence-electron chi connectivity index (χ1n) is 6.18. The van der Waals surface area contributed by atoms with E-state index in [1.807, 2.05) is 29.0 Å². The van der Waals surface area contributed by atoms with Gasteiger partial charge in [-0.25, -0.2) is 0 Å². The van der Waals surface area contributed by atoms with Gasteiger partial charge in [0.2, 0.25) is 0 Å². The summed E-state index contributed by atoms with van der Waals surface area (Å²) in [6, 6.07) is 7.50. The fourth-order valence-corrected chi connectivity index (χ4v) is 2.21. The summed E-state index contributed by atoms with van der Waals surface area (Å²) in [4.78, 5) is 11.3. The minimum Gasteiger partial charge on any atom is -0.466 e. The van der Waals surface area contributed by atoms with Gasteiger partial charge in [-0.1, -0.05) is 11.6 Å². The molecule has 1 heterocycles. The van der Waals surface area contributed by atoms with Gasteiger partial charge in [-0.2, -0.15) is 0 Å². The van der Waals surface area contributed by atoms with Gasteiger partial charge in [-0.05, 0) is 31.2 Å². The maximum Gasteiger partial charge on any atom is 0.308 e. The molecule has 0 radical (unpaired) electrons. The maximum absolute atomic E-state index is 11.3. The van der Waals surface area contributed by atoms with Crippen molar-refractivity contribution in [2.75, 3.05) is 6.61 Å². The number of carbonyl (C=O) groups excluding carboxylic acids is 1. The van der Waals surface area contributed by atoms with Gasteiger partial charge in [0.15, 0.2) is 0 Å². The third kappa shape index (κ3) is 3.49. The zero-order valence-electron chi connectivity index (χ0n) is 10.7. The highest BCUT2D eigenvalue weighted by Crippen LogP contribution is 2.21. The van der Waals surface area contributed by atoms with Gasteiger partial charge in [0, 0.05) is 28.7 Å². The van der Waals surface area contributed by atoms with Crippen molar-refractivity contribution >= 4 is 28.5 Å². The molecular formula is C14H16ClNO3. The molecule has 1 aromatic carbocycles.